The van der Waals surface area contributed by atoms with Crippen molar-refractivity contribution >= 4 is 0 Å². The molecule has 0 atom stereocenters. The van der Waals surface area contributed by atoms with Crippen LogP contribution in [-0.4, -0.2) is 16.2 Å². The maximum atomic E-state index is 5.38. The summed E-state index contributed by atoms with van der Waals surface area (Å²) in [5.74, 6) is 0.846. The van der Waals surface area contributed by atoms with Crippen LogP contribution in [0.25, 0.3) is 5.69 Å². The lowest BCUT2D eigenvalue weighted by molar-refractivity contribution is 0.363. The molecule has 0 radical (unpaired) electrons. The average molecular weight is 200 g/mol. The molecule has 0 fully saturated rings. The molecule has 0 saturated carbocycles. The Bertz CT molecular complexity index is 417. The van der Waals surface area contributed by atoms with E-state index >= 15 is 0 Å². The number of hydrogen-bond acceptors (Lipinski definition) is 2. The summed E-state index contributed by atoms with van der Waals surface area (Å²) in [7, 11) is 0. The first-order valence-corrected chi connectivity index (χ1v) is 4.72. The first-order chi connectivity index (χ1) is 7.40. The Balaban J connectivity index is 2.14. The van der Waals surface area contributed by atoms with E-state index in [-0.39, 0.29) is 0 Å². The number of imidazole rings is 1. The number of nitrogens with zero attached hydrogens (tertiary/aromatic N) is 2. The Hall–Kier alpha value is -2.03. The topological polar surface area (TPSA) is 27.1 Å². The Morgan fingerprint density at radius 2 is 2.13 bits per heavy atom. The van der Waals surface area contributed by atoms with Gasteiger partial charge in [-0.3, -0.25) is 0 Å². The molecule has 0 aliphatic rings. The first kappa shape index (κ1) is 9.52. The Morgan fingerprint density at radius 1 is 1.33 bits per heavy atom. The summed E-state index contributed by atoms with van der Waals surface area (Å²) in [6.45, 7) is 4.13. The van der Waals surface area contributed by atoms with Crippen LogP contribution in [0.4, 0.5) is 0 Å². The summed E-state index contributed by atoms with van der Waals surface area (Å²) in [4.78, 5) is 3.99. The molecule has 1 aromatic heterocycles. The molecule has 3 nitrogen and oxygen atoms in total. The van der Waals surface area contributed by atoms with Gasteiger partial charge < -0.3 is 9.30 Å². The second-order valence-corrected chi connectivity index (χ2v) is 3.06. The fraction of sp³-hybridized carbons (Fsp3) is 0.0833. The monoisotopic (exact) mass is 200 g/mol. The van der Waals surface area contributed by atoms with Gasteiger partial charge in [-0.2, -0.15) is 0 Å². The van der Waals surface area contributed by atoms with Crippen molar-refractivity contribution in [2.24, 2.45) is 0 Å². The van der Waals surface area contributed by atoms with Crippen molar-refractivity contribution in [3.8, 4) is 11.4 Å². The van der Waals surface area contributed by atoms with Crippen molar-refractivity contribution < 1.29 is 4.74 Å². The van der Waals surface area contributed by atoms with Gasteiger partial charge in [0, 0.05) is 18.1 Å². The van der Waals surface area contributed by atoms with Gasteiger partial charge in [-0.25, -0.2) is 4.98 Å². The fourth-order valence-corrected chi connectivity index (χ4v) is 1.28. The molecule has 0 saturated heterocycles. The van der Waals surface area contributed by atoms with Crippen molar-refractivity contribution in [3.05, 3.63) is 55.6 Å². The third-order valence-corrected chi connectivity index (χ3v) is 2.01. The SMILES string of the molecule is C=CCOc1ccc(-n2ccnc2)cc1. The molecule has 0 amide bonds. The van der Waals surface area contributed by atoms with Gasteiger partial charge in [0.15, 0.2) is 0 Å². The highest BCUT2D eigenvalue weighted by molar-refractivity contribution is 5.37. The van der Waals surface area contributed by atoms with Crippen molar-refractivity contribution in [3.63, 3.8) is 0 Å². The van der Waals surface area contributed by atoms with E-state index in [0.29, 0.717) is 6.61 Å². The predicted octanol–water partition coefficient (Wildman–Crippen LogP) is 2.44. The van der Waals surface area contributed by atoms with Crippen molar-refractivity contribution in [1.29, 1.82) is 0 Å². The van der Waals surface area contributed by atoms with Gasteiger partial charge in [0.1, 0.15) is 12.4 Å². The van der Waals surface area contributed by atoms with Gasteiger partial charge in [0.05, 0.1) is 6.33 Å². The van der Waals surface area contributed by atoms with Crippen molar-refractivity contribution in [2.75, 3.05) is 6.61 Å². The van der Waals surface area contributed by atoms with Gasteiger partial charge >= 0.3 is 0 Å². The fourth-order valence-electron chi connectivity index (χ4n) is 1.28. The number of benzene rings is 1. The second kappa shape index (κ2) is 4.46. The van der Waals surface area contributed by atoms with E-state index in [1.54, 1.807) is 18.6 Å². The lowest BCUT2D eigenvalue weighted by atomic mass is 10.3. The lowest BCUT2D eigenvalue weighted by Gasteiger charge is -2.05. The summed E-state index contributed by atoms with van der Waals surface area (Å²) < 4.78 is 7.33. The smallest absolute Gasteiger partial charge is 0.119 e. The molecule has 1 aromatic carbocycles. The van der Waals surface area contributed by atoms with Gasteiger partial charge in [-0.05, 0) is 24.3 Å². The number of rotatable bonds is 4. The number of hydrogen-bond donors (Lipinski definition) is 0. The molecule has 0 N–H and O–H groups in total. The van der Waals surface area contributed by atoms with Crippen LogP contribution in [-0.2, 0) is 0 Å². The molecule has 3 heteroatoms. The van der Waals surface area contributed by atoms with E-state index in [4.69, 9.17) is 4.74 Å². The highest BCUT2D eigenvalue weighted by Crippen LogP contribution is 2.14. The highest BCUT2D eigenvalue weighted by Gasteiger charge is 1.95. The third-order valence-electron chi connectivity index (χ3n) is 2.01. The van der Waals surface area contributed by atoms with Crippen LogP contribution in [0.1, 0.15) is 0 Å². The average Bonchev–Trinajstić information content (AvgIpc) is 2.80. The zero-order valence-corrected chi connectivity index (χ0v) is 8.34. The molecule has 2 aromatic rings. The van der Waals surface area contributed by atoms with Gasteiger partial charge in [0.2, 0.25) is 0 Å². The molecule has 0 spiro atoms. The molecular formula is C12H12N2O. The summed E-state index contributed by atoms with van der Waals surface area (Å²) >= 11 is 0. The van der Waals surface area contributed by atoms with Crippen LogP contribution in [0.15, 0.2) is 55.6 Å². The molecule has 15 heavy (non-hydrogen) atoms. The van der Waals surface area contributed by atoms with Gasteiger partial charge in [-0.1, -0.05) is 12.7 Å². The Labute approximate surface area is 88.6 Å². The minimum Gasteiger partial charge on any atom is -0.490 e. The van der Waals surface area contributed by atoms with E-state index in [9.17, 15) is 0 Å². The van der Waals surface area contributed by atoms with E-state index in [1.165, 1.54) is 0 Å². The summed E-state index contributed by atoms with van der Waals surface area (Å²) in [5, 5.41) is 0. The zero-order valence-electron chi connectivity index (χ0n) is 8.34. The summed E-state index contributed by atoms with van der Waals surface area (Å²) in [5.41, 5.74) is 1.07. The molecule has 0 aliphatic heterocycles. The quantitative estimate of drug-likeness (QED) is 0.709. The molecule has 0 aliphatic carbocycles. The number of ether oxygens (including phenoxy) is 1. The van der Waals surface area contributed by atoms with E-state index < -0.39 is 0 Å². The van der Waals surface area contributed by atoms with E-state index in [0.717, 1.165) is 11.4 Å². The third kappa shape index (κ3) is 2.26. The molecule has 0 unspecified atom stereocenters. The molecule has 2 rings (SSSR count). The van der Waals surface area contributed by atoms with E-state index in [1.807, 2.05) is 35.0 Å². The van der Waals surface area contributed by atoms with Crippen LogP contribution in [0.5, 0.6) is 5.75 Å². The zero-order chi connectivity index (χ0) is 10.5. The van der Waals surface area contributed by atoms with Crippen molar-refractivity contribution in [1.82, 2.24) is 9.55 Å². The molecule has 0 bridgehead atoms. The normalized spacial score (nSPS) is 9.87. The maximum Gasteiger partial charge on any atom is 0.119 e. The number of aromatic nitrogens is 2. The predicted molar refractivity (Wildman–Crippen MR) is 59.3 cm³/mol. The maximum absolute atomic E-state index is 5.38. The van der Waals surface area contributed by atoms with Crippen LogP contribution >= 0.6 is 0 Å². The Kier molecular flexibility index (Phi) is 2.83. The minimum atomic E-state index is 0.532. The highest BCUT2D eigenvalue weighted by atomic mass is 16.5. The molecule has 76 valence electrons. The standard InChI is InChI=1S/C12H12N2O/c1-2-9-15-12-5-3-11(4-6-12)14-8-7-13-10-14/h2-8,10H,1,9H2. The van der Waals surface area contributed by atoms with Crippen LogP contribution in [0, 0.1) is 0 Å². The van der Waals surface area contributed by atoms with Gasteiger partial charge in [-0.15, -0.1) is 0 Å². The molecular weight excluding hydrogens is 188 g/mol. The second-order valence-electron chi connectivity index (χ2n) is 3.06. The van der Waals surface area contributed by atoms with Crippen LogP contribution in [0.2, 0.25) is 0 Å². The lowest BCUT2D eigenvalue weighted by Crippen LogP contribution is -1.94. The summed E-state index contributed by atoms with van der Waals surface area (Å²) in [6, 6.07) is 7.83. The van der Waals surface area contributed by atoms with Crippen molar-refractivity contribution in [2.45, 2.75) is 0 Å². The largest absolute Gasteiger partial charge is 0.490 e. The molecule has 1 heterocycles. The van der Waals surface area contributed by atoms with Gasteiger partial charge in [0.25, 0.3) is 0 Å². The minimum absolute atomic E-state index is 0.532. The Morgan fingerprint density at radius 3 is 2.73 bits per heavy atom. The van der Waals surface area contributed by atoms with Crippen LogP contribution in [0.3, 0.4) is 0 Å². The first-order valence-electron chi connectivity index (χ1n) is 4.72. The van der Waals surface area contributed by atoms with Crippen LogP contribution < -0.4 is 4.74 Å². The summed E-state index contributed by atoms with van der Waals surface area (Å²) in [6.07, 6.45) is 7.14. The van der Waals surface area contributed by atoms with E-state index in [2.05, 4.69) is 11.6 Å².